The van der Waals surface area contributed by atoms with E-state index >= 15 is 0 Å². The Bertz CT molecular complexity index is 1010. The van der Waals surface area contributed by atoms with Crippen molar-refractivity contribution in [2.45, 2.75) is 44.2 Å². The molecule has 2 fully saturated rings. The number of pyridine rings is 1. The van der Waals surface area contributed by atoms with Gasteiger partial charge in [0.2, 0.25) is 0 Å². The number of ether oxygens (including phenoxy) is 1. The standard InChI is InChI=1S/C21H25N5O2/c1-13-12-28-8-7-26(13)18-9-17(14-10-21(2,27)11-14)24-20(25-18)16-4-6-23-19-15(16)3-5-22-19/h3-6,9,13-14,27H,7-8,10-12H2,1-2H3,(H,22,23)/t13-,14?,21?/m1/s1. The van der Waals surface area contributed by atoms with E-state index in [4.69, 9.17) is 14.7 Å². The molecule has 0 bridgehead atoms. The number of aromatic nitrogens is 4. The van der Waals surface area contributed by atoms with Gasteiger partial charge in [-0.05, 0) is 38.8 Å². The molecule has 1 saturated carbocycles. The molecular weight excluding hydrogens is 354 g/mol. The zero-order valence-corrected chi connectivity index (χ0v) is 16.2. The summed E-state index contributed by atoms with van der Waals surface area (Å²) >= 11 is 0. The van der Waals surface area contributed by atoms with Crippen molar-refractivity contribution in [1.29, 1.82) is 0 Å². The van der Waals surface area contributed by atoms with E-state index in [0.717, 1.165) is 47.5 Å². The van der Waals surface area contributed by atoms with Crippen LogP contribution in [-0.4, -0.2) is 56.4 Å². The quantitative estimate of drug-likeness (QED) is 0.728. The second kappa shape index (κ2) is 6.53. The summed E-state index contributed by atoms with van der Waals surface area (Å²) in [5.41, 5.74) is 2.22. The summed E-state index contributed by atoms with van der Waals surface area (Å²) in [6.45, 7) is 6.27. The minimum atomic E-state index is -0.591. The highest BCUT2D eigenvalue weighted by Crippen LogP contribution is 2.44. The van der Waals surface area contributed by atoms with E-state index in [1.807, 2.05) is 25.3 Å². The van der Waals surface area contributed by atoms with Crippen LogP contribution in [0.4, 0.5) is 5.82 Å². The van der Waals surface area contributed by atoms with E-state index in [2.05, 4.69) is 27.9 Å². The fourth-order valence-electron chi connectivity index (χ4n) is 4.36. The molecule has 28 heavy (non-hydrogen) atoms. The summed E-state index contributed by atoms with van der Waals surface area (Å²) < 4.78 is 5.60. The molecule has 3 aromatic rings. The van der Waals surface area contributed by atoms with Crippen LogP contribution in [0.1, 0.15) is 38.3 Å². The number of nitrogens with one attached hydrogen (secondary N) is 1. The number of hydrogen-bond acceptors (Lipinski definition) is 6. The summed E-state index contributed by atoms with van der Waals surface area (Å²) in [4.78, 5) is 19.7. The third-order valence-corrected chi connectivity index (χ3v) is 5.89. The highest BCUT2D eigenvalue weighted by atomic mass is 16.5. The highest BCUT2D eigenvalue weighted by Gasteiger charge is 2.40. The number of rotatable bonds is 3. The maximum atomic E-state index is 10.2. The van der Waals surface area contributed by atoms with Crippen LogP contribution >= 0.6 is 0 Å². The first-order valence-corrected chi connectivity index (χ1v) is 9.88. The lowest BCUT2D eigenvalue weighted by atomic mass is 9.70. The van der Waals surface area contributed by atoms with E-state index in [1.165, 1.54) is 0 Å². The SMILES string of the molecule is C[C@@H]1COCCN1c1cc(C2CC(C)(O)C2)nc(-c2ccnc3[nH]ccc23)n1. The molecule has 2 N–H and O–H groups in total. The zero-order chi connectivity index (χ0) is 19.3. The predicted octanol–water partition coefficient (Wildman–Crippen LogP) is 2.87. The first-order chi connectivity index (χ1) is 13.5. The first kappa shape index (κ1) is 17.6. The van der Waals surface area contributed by atoms with Gasteiger partial charge in [0, 0.05) is 47.6 Å². The van der Waals surface area contributed by atoms with Crippen LogP contribution in [-0.2, 0) is 4.74 Å². The van der Waals surface area contributed by atoms with Gasteiger partial charge in [0.25, 0.3) is 0 Å². The van der Waals surface area contributed by atoms with Crippen LogP contribution in [0.2, 0.25) is 0 Å². The third kappa shape index (κ3) is 3.04. The average molecular weight is 379 g/mol. The highest BCUT2D eigenvalue weighted by molar-refractivity contribution is 5.91. The lowest BCUT2D eigenvalue weighted by Gasteiger charge is -2.41. The average Bonchev–Trinajstić information content (AvgIpc) is 3.15. The third-order valence-electron chi connectivity index (χ3n) is 5.89. The molecule has 4 heterocycles. The number of anilines is 1. The van der Waals surface area contributed by atoms with Crippen molar-refractivity contribution in [1.82, 2.24) is 19.9 Å². The summed E-state index contributed by atoms with van der Waals surface area (Å²) in [5, 5.41) is 11.2. The molecule has 1 atom stereocenters. The number of morpholine rings is 1. The van der Waals surface area contributed by atoms with Crippen molar-refractivity contribution >= 4 is 16.9 Å². The van der Waals surface area contributed by atoms with Crippen molar-refractivity contribution < 1.29 is 9.84 Å². The van der Waals surface area contributed by atoms with E-state index in [1.54, 1.807) is 6.20 Å². The van der Waals surface area contributed by atoms with Crippen molar-refractivity contribution in [2.24, 2.45) is 0 Å². The van der Waals surface area contributed by atoms with E-state index in [-0.39, 0.29) is 12.0 Å². The first-order valence-electron chi connectivity index (χ1n) is 9.88. The van der Waals surface area contributed by atoms with Crippen LogP contribution < -0.4 is 4.90 Å². The number of aromatic amines is 1. The topological polar surface area (TPSA) is 87.2 Å². The van der Waals surface area contributed by atoms with E-state index < -0.39 is 5.60 Å². The molecule has 0 amide bonds. The van der Waals surface area contributed by atoms with E-state index in [9.17, 15) is 5.11 Å². The van der Waals surface area contributed by atoms with Gasteiger partial charge < -0.3 is 19.7 Å². The Morgan fingerprint density at radius 1 is 1.29 bits per heavy atom. The van der Waals surface area contributed by atoms with Gasteiger partial charge in [-0.15, -0.1) is 0 Å². The molecule has 1 saturated heterocycles. The van der Waals surface area contributed by atoms with Crippen LogP contribution in [0, 0.1) is 0 Å². The van der Waals surface area contributed by atoms with Crippen LogP contribution in [0.3, 0.4) is 0 Å². The van der Waals surface area contributed by atoms with E-state index in [0.29, 0.717) is 19.0 Å². The molecule has 0 radical (unpaired) electrons. The molecule has 146 valence electrons. The molecule has 0 spiro atoms. The Balaban J connectivity index is 1.62. The Kier molecular flexibility index (Phi) is 4.10. The Morgan fingerprint density at radius 3 is 2.93 bits per heavy atom. The van der Waals surface area contributed by atoms with Gasteiger partial charge in [-0.2, -0.15) is 0 Å². The number of H-pyrrole nitrogens is 1. The summed E-state index contributed by atoms with van der Waals surface area (Å²) in [7, 11) is 0. The maximum absolute atomic E-state index is 10.2. The normalized spacial score (nSPS) is 27.8. The molecule has 0 unspecified atom stereocenters. The van der Waals surface area contributed by atoms with Crippen molar-refractivity contribution in [3.05, 3.63) is 36.3 Å². The second-order valence-electron chi connectivity index (χ2n) is 8.29. The van der Waals surface area contributed by atoms with Gasteiger partial charge in [-0.25, -0.2) is 15.0 Å². The largest absolute Gasteiger partial charge is 0.390 e. The Hall–Kier alpha value is -2.51. The monoisotopic (exact) mass is 379 g/mol. The van der Waals surface area contributed by atoms with Gasteiger partial charge in [-0.3, -0.25) is 0 Å². The molecule has 7 nitrogen and oxygen atoms in total. The number of nitrogens with zero attached hydrogens (tertiary/aromatic N) is 4. The van der Waals surface area contributed by atoms with Crippen LogP contribution in [0.5, 0.6) is 0 Å². The number of fused-ring (bicyclic) bond motifs is 1. The van der Waals surface area contributed by atoms with Crippen molar-refractivity contribution in [3.8, 4) is 11.4 Å². The van der Waals surface area contributed by atoms with Crippen molar-refractivity contribution in [2.75, 3.05) is 24.7 Å². The fourth-order valence-corrected chi connectivity index (χ4v) is 4.36. The van der Waals surface area contributed by atoms with Gasteiger partial charge in [-0.1, -0.05) is 0 Å². The fraction of sp³-hybridized carbons (Fsp3) is 0.476. The molecule has 3 aromatic heterocycles. The van der Waals surface area contributed by atoms with Gasteiger partial charge >= 0.3 is 0 Å². The summed E-state index contributed by atoms with van der Waals surface area (Å²) in [6, 6.07) is 6.34. The minimum Gasteiger partial charge on any atom is -0.390 e. The molecule has 5 rings (SSSR count). The lowest BCUT2D eigenvalue weighted by molar-refractivity contribution is -0.0323. The predicted molar refractivity (Wildman–Crippen MR) is 107 cm³/mol. The van der Waals surface area contributed by atoms with Crippen LogP contribution in [0.15, 0.2) is 30.6 Å². The summed E-state index contributed by atoms with van der Waals surface area (Å²) in [5.74, 6) is 1.91. The van der Waals surface area contributed by atoms with Gasteiger partial charge in [0.05, 0.1) is 24.9 Å². The molecule has 2 aliphatic rings. The maximum Gasteiger partial charge on any atom is 0.162 e. The Labute approximate surface area is 163 Å². The summed E-state index contributed by atoms with van der Waals surface area (Å²) in [6.07, 6.45) is 5.14. The molecule has 1 aliphatic carbocycles. The van der Waals surface area contributed by atoms with Crippen LogP contribution in [0.25, 0.3) is 22.4 Å². The molecule has 1 aliphatic heterocycles. The number of aliphatic hydroxyl groups is 1. The van der Waals surface area contributed by atoms with Crippen molar-refractivity contribution in [3.63, 3.8) is 0 Å². The Morgan fingerprint density at radius 2 is 2.14 bits per heavy atom. The molecular formula is C21H25N5O2. The van der Waals surface area contributed by atoms with Gasteiger partial charge in [0.15, 0.2) is 5.82 Å². The lowest BCUT2D eigenvalue weighted by Crippen LogP contribution is -2.44. The second-order valence-corrected chi connectivity index (χ2v) is 8.29. The zero-order valence-electron chi connectivity index (χ0n) is 16.2. The number of hydrogen-bond donors (Lipinski definition) is 2. The smallest absolute Gasteiger partial charge is 0.162 e. The molecule has 7 heteroatoms. The van der Waals surface area contributed by atoms with Gasteiger partial charge in [0.1, 0.15) is 11.5 Å². The molecule has 0 aromatic carbocycles. The minimum absolute atomic E-state index is 0.260.